The minimum atomic E-state index is -4.49. The molecule has 1 fully saturated rings. The van der Waals surface area contributed by atoms with Crippen LogP contribution in [0.5, 0.6) is 0 Å². The predicted molar refractivity (Wildman–Crippen MR) is 129 cm³/mol. The van der Waals surface area contributed by atoms with Gasteiger partial charge >= 0.3 is 16.5 Å². The number of aliphatic hydroxyl groups is 2. The van der Waals surface area contributed by atoms with Gasteiger partial charge < -0.3 is 10.2 Å². The molecule has 2 aromatic heterocycles. The van der Waals surface area contributed by atoms with Crippen molar-refractivity contribution < 1.29 is 40.8 Å². The van der Waals surface area contributed by atoms with Crippen LogP contribution in [0.4, 0.5) is 13.2 Å². The molecular weight excluding hydrogens is 543 g/mol. The fourth-order valence-electron chi connectivity index (χ4n) is 4.75. The number of ketones is 1. The third-order valence-corrected chi connectivity index (χ3v) is 7.01. The van der Waals surface area contributed by atoms with Crippen LogP contribution in [0.15, 0.2) is 43.0 Å². The lowest BCUT2D eigenvalue weighted by Crippen LogP contribution is -2.31. The van der Waals surface area contributed by atoms with Gasteiger partial charge in [-0.2, -0.15) is 26.7 Å². The Labute approximate surface area is 221 Å². The fraction of sp³-hybridized carbons (Fsp3) is 0.417. The van der Waals surface area contributed by atoms with E-state index < -0.39 is 58.5 Å². The van der Waals surface area contributed by atoms with E-state index >= 15 is 0 Å². The molecule has 2 heterocycles. The molecule has 1 aromatic carbocycles. The van der Waals surface area contributed by atoms with Crippen molar-refractivity contribution in [2.75, 3.05) is 6.61 Å². The summed E-state index contributed by atoms with van der Waals surface area (Å²) in [4.78, 5) is 21.3. The molecule has 11 nitrogen and oxygen atoms in total. The Morgan fingerprint density at radius 1 is 1.21 bits per heavy atom. The summed E-state index contributed by atoms with van der Waals surface area (Å²) < 4.78 is 67.6. The quantitative estimate of drug-likeness (QED) is 0.322. The van der Waals surface area contributed by atoms with Crippen molar-refractivity contribution in [2.45, 2.75) is 44.7 Å². The van der Waals surface area contributed by atoms with Gasteiger partial charge in [-0.05, 0) is 49.4 Å². The highest BCUT2D eigenvalue weighted by atomic mass is 32.2. The number of nitrogens with zero attached hydrogens (tertiary/aromatic N) is 4. The first-order valence-electron chi connectivity index (χ1n) is 11.8. The third kappa shape index (κ3) is 7.05. The van der Waals surface area contributed by atoms with Gasteiger partial charge in [0, 0.05) is 18.3 Å². The number of benzene rings is 1. The molecule has 0 spiro atoms. The zero-order valence-corrected chi connectivity index (χ0v) is 21.4. The monoisotopic (exact) mass is 569 g/mol. The molecule has 4 N–H and O–H groups in total. The number of halogens is 3. The zero-order valence-electron chi connectivity index (χ0n) is 20.6. The van der Waals surface area contributed by atoms with Crippen LogP contribution in [0.1, 0.15) is 44.9 Å². The molecule has 4 rings (SSSR count). The number of rotatable bonds is 9. The van der Waals surface area contributed by atoms with Gasteiger partial charge in [0.25, 0.3) is 0 Å². The first kappa shape index (κ1) is 28.8. The topological polar surface area (TPSA) is 171 Å². The van der Waals surface area contributed by atoms with Crippen molar-refractivity contribution in [1.82, 2.24) is 19.7 Å². The molecule has 39 heavy (non-hydrogen) atoms. The number of aliphatic hydroxyl groups excluding tert-OH is 2. The Morgan fingerprint density at radius 2 is 1.92 bits per heavy atom. The Kier molecular flexibility index (Phi) is 8.18. The molecule has 0 saturated heterocycles. The lowest BCUT2D eigenvalue weighted by molar-refractivity contribution is -0.137. The number of nitrogens with two attached hydrogens (primary N) is 1. The van der Waals surface area contributed by atoms with Crippen LogP contribution in [0, 0.1) is 18.8 Å². The van der Waals surface area contributed by atoms with Crippen LogP contribution in [0.3, 0.4) is 0 Å². The predicted octanol–water partition coefficient (Wildman–Crippen LogP) is 1.40. The maximum absolute atomic E-state index is 13.3. The second-order valence-corrected chi connectivity index (χ2v) is 10.8. The fourth-order valence-corrected chi connectivity index (χ4v) is 5.11. The first-order chi connectivity index (χ1) is 18.2. The molecule has 0 amide bonds. The molecular formula is C24H26F3N5O6S. The maximum Gasteiger partial charge on any atom is 0.416 e. The van der Waals surface area contributed by atoms with Crippen LogP contribution in [0.2, 0.25) is 0 Å². The summed E-state index contributed by atoms with van der Waals surface area (Å²) in [7, 11) is -4.22. The number of hydrogen-bond donors (Lipinski definition) is 3. The Hall–Kier alpha value is -3.24. The van der Waals surface area contributed by atoms with Crippen molar-refractivity contribution in [3.63, 3.8) is 0 Å². The number of hydrogen-bond acceptors (Lipinski definition) is 9. The van der Waals surface area contributed by atoms with E-state index in [4.69, 9.17) is 5.14 Å². The molecule has 1 saturated carbocycles. The minimum absolute atomic E-state index is 0.00429. The molecule has 0 unspecified atom stereocenters. The van der Waals surface area contributed by atoms with Gasteiger partial charge in [0.15, 0.2) is 0 Å². The molecule has 0 radical (unpaired) electrons. The lowest BCUT2D eigenvalue weighted by atomic mass is 9.95. The van der Waals surface area contributed by atoms with Crippen molar-refractivity contribution >= 4 is 16.1 Å². The second-order valence-electron chi connectivity index (χ2n) is 9.53. The van der Waals surface area contributed by atoms with Crippen LogP contribution >= 0.6 is 0 Å². The van der Waals surface area contributed by atoms with Crippen LogP contribution in [0.25, 0.3) is 0 Å². The summed E-state index contributed by atoms with van der Waals surface area (Å²) in [6, 6.07) is 5.11. The van der Waals surface area contributed by atoms with Gasteiger partial charge in [-0.25, -0.2) is 15.1 Å². The van der Waals surface area contributed by atoms with Crippen LogP contribution < -0.4 is 5.14 Å². The minimum Gasteiger partial charge on any atom is -0.390 e. The van der Waals surface area contributed by atoms with E-state index in [0.717, 1.165) is 12.1 Å². The number of aryl methyl sites for hydroxylation is 1. The summed E-state index contributed by atoms with van der Waals surface area (Å²) in [6.07, 6.45) is -2.76. The number of alkyl halides is 3. The van der Waals surface area contributed by atoms with Gasteiger partial charge in [0.1, 0.15) is 12.0 Å². The average Bonchev–Trinajstić information content (AvgIpc) is 3.41. The van der Waals surface area contributed by atoms with E-state index in [2.05, 4.69) is 19.2 Å². The second kappa shape index (κ2) is 11.1. The number of carbonyl (C=O) groups excluding carboxylic acids is 1. The van der Waals surface area contributed by atoms with E-state index in [0.29, 0.717) is 11.1 Å². The molecule has 15 heteroatoms. The largest absolute Gasteiger partial charge is 0.416 e. The SMILES string of the molecule is Cc1cc(Cn2ccc(C(=O)c3cncnc3C[C@@H]3C[C@H](COS(N)(=O)=O)[C@@H](O)[C@H]3O)n2)cc(C(F)(F)F)c1. The third-order valence-electron chi connectivity index (χ3n) is 6.55. The van der Waals surface area contributed by atoms with E-state index in [1.807, 2.05) is 0 Å². The molecule has 0 bridgehead atoms. The Balaban J connectivity index is 1.49. The average molecular weight is 570 g/mol. The van der Waals surface area contributed by atoms with Crippen molar-refractivity contribution in [3.8, 4) is 0 Å². The molecule has 0 aliphatic heterocycles. The van der Waals surface area contributed by atoms with E-state index in [1.54, 1.807) is 13.0 Å². The van der Waals surface area contributed by atoms with E-state index in [9.17, 15) is 36.6 Å². The standard InChI is InChI=1S/C24H26F3N5O6S/c1-13-4-14(6-17(5-13)24(25,26)27)10-32-3-2-19(31-32)23(35)18-9-29-12-30-20(18)8-15-7-16(22(34)21(15)33)11-38-39(28,36)37/h2-6,9,12,15-16,21-22,33-34H,7-8,10-11H2,1H3,(H2,28,36,37)/t15-,16+,21-,22+/m0/s1. The van der Waals surface area contributed by atoms with Gasteiger partial charge in [-0.15, -0.1) is 0 Å². The molecule has 4 atom stereocenters. The van der Waals surface area contributed by atoms with Crippen molar-refractivity contribution in [1.29, 1.82) is 0 Å². The summed E-state index contributed by atoms with van der Waals surface area (Å²) in [5.74, 6) is -1.82. The Bertz CT molecular complexity index is 1460. The summed E-state index contributed by atoms with van der Waals surface area (Å²) in [5, 5.41) is 29.9. The summed E-state index contributed by atoms with van der Waals surface area (Å²) in [5.41, 5.74) is 0.423. The van der Waals surface area contributed by atoms with Crippen LogP contribution in [-0.4, -0.2) is 63.0 Å². The molecule has 210 valence electrons. The summed E-state index contributed by atoms with van der Waals surface area (Å²) >= 11 is 0. The number of aromatic nitrogens is 4. The normalized spacial score (nSPS) is 21.8. The van der Waals surface area contributed by atoms with Gasteiger partial charge in [0.2, 0.25) is 5.78 Å². The lowest BCUT2D eigenvalue weighted by Gasteiger charge is -2.17. The van der Waals surface area contributed by atoms with Gasteiger partial charge in [-0.1, -0.05) is 11.6 Å². The maximum atomic E-state index is 13.3. The van der Waals surface area contributed by atoms with Crippen molar-refractivity contribution in [2.24, 2.45) is 17.0 Å². The highest BCUT2D eigenvalue weighted by molar-refractivity contribution is 7.84. The highest BCUT2D eigenvalue weighted by Crippen LogP contribution is 2.35. The zero-order chi connectivity index (χ0) is 28.5. The molecule has 1 aliphatic rings. The highest BCUT2D eigenvalue weighted by Gasteiger charge is 2.42. The number of carbonyl (C=O) groups is 1. The van der Waals surface area contributed by atoms with Crippen molar-refractivity contribution in [3.05, 3.63) is 76.6 Å². The first-order valence-corrected chi connectivity index (χ1v) is 13.3. The van der Waals surface area contributed by atoms with Gasteiger partial charge in [0.05, 0.1) is 42.2 Å². The van der Waals surface area contributed by atoms with E-state index in [1.165, 1.54) is 29.5 Å². The summed E-state index contributed by atoms with van der Waals surface area (Å²) in [6.45, 7) is 1.15. The Morgan fingerprint density at radius 3 is 2.62 bits per heavy atom. The molecule has 3 aromatic rings. The van der Waals surface area contributed by atoms with Gasteiger partial charge in [-0.3, -0.25) is 13.7 Å². The van der Waals surface area contributed by atoms with Crippen LogP contribution in [-0.2, 0) is 33.6 Å². The van der Waals surface area contributed by atoms with E-state index in [-0.39, 0.29) is 36.3 Å². The smallest absolute Gasteiger partial charge is 0.390 e. The molecule has 1 aliphatic carbocycles.